The Morgan fingerprint density at radius 1 is 1.06 bits per heavy atom. The highest BCUT2D eigenvalue weighted by Gasteiger charge is 2.59. The number of aliphatic hydroxyl groups is 2. The summed E-state index contributed by atoms with van der Waals surface area (Å²) in [6, 6.07) is 16.7. The molecule has 0 saturated carbocycles. The Labute approximate surface area is 186 Å². The fourth-order valence-electron chi connectivity index (χ4n) is 5.09. The van der Waals surface area contributed by atoms with Crippen molar-refractivity contribution < 1.29 is 15.0 Å². The summed E-state index contributed by atoms with van der Waals surface area (Å²) >= 11 is 1.82. The number of hydrogen-bond acceptors (Lipinski definition) is 6. The van der Waals surface area contributed by atoms with Crippen LogP contribution in [0.2, 0.25) is 0 Å². The van der Waals surface area contributed by atoms with Crippen LogP contribution >= 0.6 is 11.8 Å². The molecule has 2 N–H and O–H groups in total. The molecule has 4 unspecified atom stereocenters. The molecule has 0 radical (unpaired) electrons. The summed E-state index contributed by atoms with van der Waals surface area (Å²) in [5.74, 6) is 0.655. The minimum Gasteiger partial charge on any atom is -0.387 e. The van der Waals surface area contributed by atoms with Gasteiger partial charge >= 0.3 is 0 Å². The van der Waals surface area contributed by atoms with E-state index in [1.54, 1.807) is 31.1 Å². The molecule has 31 heavy (non-hydrogen) atoms. The molecule has 0 bridgehead atoms. The highest BCUT2D eigenvalue weighted by molar-refractivity contribution is 7.98. The first-order valence-electron chi connectivity index (χ1n) is 10.5. The third-order valence-electron chi connectivity index (χ3n) is 6.77. The summed E-state index contributed by atoms with van der Waals surface area (Å²) in [7, 11) is 1.75. The van der Waals surface area contributed by atoms with Crippen molar-refractivity contribution in [3.8, 4) is 0 Å². The minimum absolute atomic E-state index is 0.142. The monoisotopic (exact) mass is 437 g/mol. The topological polar surface area (TPSA) is 67.2 Å². The largest absolute Gasteiger partial charge is 0.387 e. The summed E-state index contributed by atoms with van der Waals surface area (Å²) in [5.41, 5.74) is 0.783. The lowest BCUT2D eigenvalue weighted by molar-refractivity contribution is -0.224. The van der Waals surface area contributed by atoms with E-state index in [2.05, 4.69) is 41.4 Å². The van der Waals surface area contributed by atoms with Crippen LogP contribution in [0.5, 0.6) is 0 Å². The number of nitrogens with zero attached hydrogens (tertiary/aromatic N) is 3. The number of rotatable bonds is 1. The molecule has 1 saturated heterocycles. The first-order chi connectivity index (χ1) is 14.7. The van der Waals surface area contributed by atoms with Crippen LogP contribution in [-0.2, 0) is 10.5 Å². The van der Waals surface area contributed by atoms with Gasteiger partial charge in [-0.25, -0.2) is 0 Å². The second-order valence-electron chi connectivity index (χ2n) is 8.95. The number of aliphatic hydroxyl groups excluding tert-OH is 1. The zero-order valence-corrected chi connectivity index (χ0v) is 18.7. The van der Waals surface area contributed by atoms with Crippen LogP contribution in [0, 0.1) is 0 Å². The molecule has 3 aliphatic rings. The van der Waals surface area contributed by atoms with Crippen molar-refractivity contribution >= 4 is 17.7 Å². The number of carbonyl (C=O) groups excluding carboxylic acids is 1. The van der Waals surface area contributed by atoms with Crippen LogP contribution in [0.1, 0.15) is 36.6 Å². The van der Waals surface area contributed by atoms with Gasteiger partial charge in [0.15, 0.2) is 5.54 Å². The van der Waals surface area contributed by atoms with E-state index in [1.807, 2.05) is 28.9 Å². The van der Waals surface area contributed by atoms with E-state index in [4.69, 9.17) is 0 Å². The Hall–Kier alpha value is -2.32. The van der Waals surface area contributed by atoms with E-state index in [0.29, 0.717) is 6.67 Å². The molecule has 2 aromatic rings. The van der Waals surface area contributed by atoms with Crippen LogP contribution in [0.25, 0.3) is 0 Å². The Bertz CT molecular complexity index is 1020. The maximum atomic E-state index is 13.3. The Kier molecular flexibility index (Phi) is 4.71. The maximum absolute atomic E-state index is 13.3. The number of carbonyl (C=O) groups is 1. The third-order valence-corrected chi connectivity index (χ3v) is 7.91. The Morgan fingerprint density at radius 2 is 1.74 bits per heavy atom. The smallest absolute Gasteiger partial charge is 0.253 e. The zero-order valence-electron chi connectivity index (χ0n) is 17.9. The maximum Gasteiger partial charge on any atom is 0.253 e. The van der Waals surface area contributed by atoms with Gasteiger partial charge in [0, 0.05) is 23.9 Å². The SMILES string of the molecule is CN1CN(C2c3ccccc3CSc3ccccc32)N2C=CC(C)(O)C(O)C2(C)C1=O. The molecule has 1 fully saturated rings. The van der Waals surface area contributed by atoms with E-state index < -0.39 is 17.2 Å². The first kappa shape index (κ1) is 20.6. The molecule has 0 spiro atoms. The van der Waals surface area contributed by atoms with E-state index >= 15 is 0 Å². The summed E-state index contributed by atoms with van der Waals surface area (Å²) < 4.78 is 0. The van der Waals surface area contributed by atoms with Crippen molar-refractivity contribution in [1.82, 2.24) is 14.9 Å². The van der Waals surface area contributed by atoms with Gasteiger partial charge in [0.25, 0.3) is 5.91 Å². The Morgan fingerprint density at radius 3 is 2.52 bits per heavy atom. The van der Waals surface area contributed by atoms with Gasteiger partial charge in [-0.2, -0.15) is 5.01 Å². The van der Waals surface area contributed by atoms with Crippen molar-refractivity contribution in [3.63, 3.8) is 0 Å². The van der Waals surface area contributed by atoms with Crippen LogP contribution in [0.15, 0.2) is 65.7 Å². The average Bonchev–Trinajstić information content (AvgIpc) is 2.92. The molecular weight excluding hydrogens is 410 g/mol. The summed E-state index contributed by atoms with van der Waals surface area (Å²) in [6.07, 6.45) is 2.04. The van der Waals surface area contributed by atoms with Crippen molar-refractivity contribution in [2.75, 3.05) is 13.7 Å². The molecule has 2 aromatic carbocycles. The molecule has 6 nitrogen and oxygen atoms in total. The van der Waals surface area contributed by atoms with Gasteiger partial charge in [-0.05, 0) is 42.7 Å². The number of hydrazine groups is 1. The fraction of sp³-hybridized carbons (Fsp3) is 0.375. The van der Waals surface area contributed by atoms with Crippen LogP contribution in [0.4, 0.5) is 0 Å². The molecule has 1 amide bonds. The number of benzene rings is 2. The lowest BCUT2D eigenvalue weighted by Gasteiger charge is -2.59. The lowest BCUT2D eigenvalue weighted by Crippen LogP contribution is -2.76. The second kappa shape index (κ2) is 7.10. The van der Waals surface area contributed by atoms with Gasteiger partial charge in [0.1, 0.15) is 11.7 Å². The molecule has 3 heterocycles. The highest BCUT2D eigenvalue weighted by atomic mass is 32.2. The number of likely N-dealkylation sites (N-methyl/N-ethyl adjacent to an activating group) is 1. The molecule has 0 aliphatic carbocycles. The summed E-state index contributed by atoms with van der Waals surface area (Å²) in [5, 5.41) is 25.9. The number of hydrogen-bond donors (Lipinski definition) is 2. The van der Waals surface area contributed by atoms with E-state index in [9.17, 15) is 15.0 Å². The highest BCUT2D eigenvalue weighted by Crippen LogP contribution is 2.47. The van der Waals surface area contributed by atoms with E-state index in [0.717, 1.165) is 5.75 Å². The second-order valence-corrected chi connectivity index (χ2v) is 9.97. The van der Waals surface area contributed by atoms with E-state index in [-0.39, 0.29) is 11.9 Å². The van der Waals surface area contributed by atoms with Crippen LogP contribution < -0.4 is 0 Å². The number of thioether (sulfide) groups is 1. The van der Waals surface area contributed by atoms with Crippen molar-refractivity contribution in [2.24, 2.45) is 0 Å². The van der Waals surface area contributed by atoms with Crippen LogP contribution in [-0.4, -0.2) is 62.0 Å². The molecular formula is C24H27N3O3S. The van der Waals surface area contributed by atoms with Crippen molar-refractivity contribution in [3.05, 3.63) is 77.5 Å². The van der Waals surface area contributed by atoms with Crippen molar-refractivity contribution in [1.29, 1.82) is 0 Å². The standard InChI is InChI=1S/C24H27N3O3S/c1-23(30)12-13-27-24(2,21(23)28)22(29)25(3)15-26(27)20-17-9-5-4-8-16(17)14-31-19-11-7-6-10-18(19)20/h4-13,20-21,28,30H,14-15H2,1-3H3. The predicted molar refractivity (Wildman–Crippen MR) is 120 cm³/mol. The molecule has 7 heteroatoms. The minimum atomic E-state index is -1.50. The Balaban J connectivity index is 1.72. The van der Waals surface area contributed by atoms with Gasteiger partial charge in [0.2, 0.25) is 0 Å². The quantitative estimate of drug-likeness (QED) is 0.715. The fourth-order valence-corrected chi connectivity index (χ4v) is 6.18. The lowest BCUT2D eigenvalue weighted by atomic mass is 9.78. The predicted octanol–water partition coefficient (Wildman–Crippen LogP) is 2.73. The zero-order chi connectivity index (χ0) is 22.0. The van der Waals surface area contributed by atoms with Crippen LogP contribution in [0.3, 0.4) is 0 Å². The van der Waals surface area contributed by atoms with E-state index in [1.165, 1.54) is 28.5 Å². The van der Waals surface area contributed by atoms with Gasteiger partial charge in [-0.1, -0.05) is 42.5 Å². The van der Waals surface area contributed by atoms with Gasteiger partial charge in [0.05, 0.1) is 12.7 Å². The van der Waals surface area contributed by atoms with Gasteiger partial charge in [-0.15, -0.1) is 11.8 Å². The molecule has 0 aromatic heterocycles. The average molecular weight is 438 g/mol. The normalized spacial score (nSPS) is 32.9. The molecule has 4 atom stereocenters. The molecule has 162 valence electrons. The molecule has 3 aliphatic heterocycles. The number of amides is 1. The number of fused-ring (bicyclic) bond motifs is 3. The van der Waals surface area contributed by atoms with Gasteiger partial charge < -0.3 is 15.1 Å². The summed E-state index contributed by atoms with van der Waals surface area (Å²) in [4.78, 5) is 16.2. The van der Waals surface area contributed by atoms with Gasteiger partial charge in [-0.3, -0.25) is 9.80 Å². The van der Waals surface area contributed by atoms with Crippen molar-refractivity contribution in [2.45, 2.75) is 47.8 Å². The molecule has 5 rings (SSSR count). The first-order valence-corrected chi connectivity index (χ1v) is 11.4. The summed E-state index contributed by atoms with van der Waals surface area (Å²) in [6.45, 7) is 3.62. The third kappa shape index (κ3) is 2.95.